The molecule has 0 radical (unpaired) electrons. The van der Waals surface area contributed by atoms with Gasteiger partial charge in [-0.1, -0.05) is 0 Å². The number of rotatable bonds is 6. The number of nitrogens with zero attached hydrogens (tertiary/aromatic N) is 2. The van der Waals surface area contributed by atoms with Crippen molar-refractivity contribution in [3.63, 3.8) is 0 Å². The molecule has 1 saturated heterocycles. The van der Waals surface area contributed by atoms with Gasteiger partial charge in [0.05, 0.1) is 29.9 Å². The third-order valence-electron chi connectivity index (χ3n) is 4.72. The van der Waals surface area contributed by atoms with E-state index in [4.69, 9.17) is 4.74 Å². The molecular weight excluding hydrogens is 418 g/mol. The molecule has 8 heteroatoms. The quantitative estimate of drug-likeness (QED) is 0.697. The number of benzene rings is 1. The lowest BCUT2D eigenvalue weighted by Gasteiger charge is -2.31. The summed E-state index contributed by atoms with van der Waals surface area (Å²) >= 11 is 5.04. The number of Topliss-reactive ketones (excluding diaryl/α,β-unsaturated/α-hetero) is 1. The second-order valence-electron chi connectivity index (χ2n) is 6.40. The summed E-state index contributed by atoms with van der Waals surface area (Å²) in [5.41, 5.74) is 0.433. The maximum Gasteiger partial charge on any atom is 0.261 e. The van der Waals surface area contributed by atoms with Crippen LogP contribution in [-0.4, -0.2) is 47.4 Å². The molecule has 26 heavy (non-hydrogen) atoms. The van der Waals surface area contributed by atoms with Gasteiger partial charge in [0, 0.05) is 28.9 Å². The van der Waals surface area contributed by atoms with Crippen LogP contribution in [0.5, 0.6) is 0 Å². The first-order valence-corrected chi connectivity index (χ1v) is 10.6. The van der Waals surface area contributed by atoms with Gasteiger partial charge in [0.25, 0.3) is 5.56 Å². The molecule has 1 fully saturated rings. The average molecular weight is 440 g/mol. The molecule has 1 aromatic carbocycles. The highest BCUT2D eigenvalue weighted by Crippen LogP contribution is 2.28. The summed E-state index contributed by atoms with van der Waals surface area (Å²) in [6.07, 6.45) is 5.79. The Bertz CT molecular complexity index is 871. The normalized spacial score (nSPS) is 20.4. The van der Waals surface area contributed by atoms with Crippen molar-refractivity contribution in [2.24, 2.45) is 0 Å². The number of hydrogen-bond donors (Lipinski definition) is 1. The zero-order valence-electron chi connectivity index (χ0n) is 14.8. The van der Waals surface area contributed by atoms with E-state index in [0.717, 1.165) is 28.8 Å². The topological polar surface area (TPSA) is 73.2 Å². The van der Waals surface area contributed by atoms with E-state index in [1.54, 1.807) is 18.9 Å². The van der Waals surface area contributed by atoms with E-state index < -0.39 is 0 Å². The molecule has 2 heterocycles. The second-order valence-corrected chi connectivity index (χ2v) is 8.10. The summed E-state index contributed by atoms with van der Waals surface area (Å²) < 4.78 is 7.78. The van der Waals surface area contributed by atoms with Crippen LogP contribution in [0.1, 0.15) is 19.3 Å². The Labute approximate surface area is 164 Å². The third kappa shape index (κ3) is 4.19. The van der Waals surface area contributed by atoms with Crippen LogP contribution in [0.2, 0.25) is 0 Å². The van der Waals surface area contributed by atoms with E-state index >= 15 is 0 Å². The Hall–Kier alpha value is -1.22. The van der Waals surface area contributed by atoms with E-state index in [2.05, 4.69) is 26.2 Å². The minimum absolute atomic E-state index is 0.00287. The van der Waals surface area contributed by atoms with Crippen molar-refractivity contribution >= 4 is 44.4 Å². The molecule has 0 saturated carbocycles. The lowest BCUT2D eigenvalue weighted by Crippen LogP contribution is -2.47. The van der Waals surface area contributed by atoms with Crippen molar-refractivity contribution in [1.29, 1.82) is 0 Å². The summed E-state index contributed by atoms with van der Waals surface area (Å²) in [5, 5.41) is 3.87. The number of carbonyl (C=O) groups is 1. The highest BCUT2D eigenvalue weighted by Gasteiger charge is 2.26. The number of fused-ring (bicyclic) bond motifs is 1. The van der Waals surface area contributed by atoms with E-state index in [9.17, 15) is 9.59 Å². The first-order valence-electron chi connectivity index (χ1n) is 8.54. The second kappa shape index (κ2) is 8.65. The van der Waals surface area contributed by atoms with Gasteiger partial charge in [-0.25, -0.2) is 4.98 Å². The van der Waals surface area contributed by atoms with Gasteiger partial charge in [-0.3, -0.25) is 14.2 Å². The van der Waals surface area contributed by atoms with Gasteiger partial charge >= 0.3 is 0 Å². The van der Waals surface area contributed by atoms with E-state index in [1.165, 1.54) is 10.9 Å². The van der Waals surface area contributed by atoms with Crippen LogP contribution in [0.3, 0.4) is 0 Å². The molecule has 1 aliphatic heterocycles. The van der Waals surface area contributed by atoms with Crippen molar-refractivity contribution < 1.29 is 9.53 Å². The number of methoxy groups -OCH3 is 1. The van der Waals surface area contributed by atoms with E-state index in [0.29, 0.717) is 17.3 Å². The van der Waals surface area contributed by atoms with Gasteiger partial charge in [0.15, 0.2) is 5.78 Å². The van der Waals surface area contributed by atoms with Crippen LogP contribution < -0.4 is 10.9 Å². The van der Waals surface area contributed by atoms with Crippen LogP contribution in [0.15, 0.2) is 32.6 Å². The monoisotopic (exact) mass is 439 g/mol. The van der Waals surface area contributed by atoms with Gasteiger partial charge in [0.2, 0.25) is 0 Å². The van der Waals surface area contributed by atoms with E-state index in [1.807, 2.05) is 18.4 Å². The van der Waals surface area contributed by atoms with Gasteiger partial charge in [-0.05, 0) is 53.7 Å². The molecule has 0 bridgehead atoms. The van der Waals surface area contributed by atoms with Crippen molar-refractivity contribution in [1.82, 2.24) is 14.9 Å². The number of carbonyl (C=O) groups excluding carboxylic acids is 1. The first-order chi connectivity index (χ1) is 12.5. The lowest BCUT2D eigenvalue weighted by molar-refractivity contribution is -0.121. The van der Waals surface area contributed by atoms with Gasteiger partial charge in [0.1, 0.15) is 0 Å². The molecule has 1 N–H and O–H groups in total. The van der Waals surface area contributed by atoms with Gasteiger partial charge < -0.3 is 10.1 Å². The number of hydrogen-bond acceptors (Lipinski definition) is 6. The van der Waals surface area contributed by atoms with E-state index in [-0.39, 0.29) is 30.0 Å². The summed E-state index contributed by atoms with van der Waals surface area (Å²) in [5.74, 6) is -0.00287. The SMILES string of the molecule is COC1CCCNC1CC(=O)Cn1cnc2cc(Br)c(SC)cc2c1=O. The number of halogens is 1. The first kappa shape index (κ1) is 19.5. The fourth-order valence-corrected chi connectivity index (χ4v) is 4.64. The molecule has 2 atom stereocenters. The largest absolute Gasteiger partial charge is 0.380 e. The zero-order chi connectivity index (χ0) is 18.7. The zero-order valence-corrected chi connectivity index (χ0v) is 17.2. The number of nitrogens with one attached hydrogen (secondary N) is 1. The maximum absolute atomic E-state index is 12.8. The molecule has 2 aromatic rings. The number of piperidine rings is 1. The number of ketones is 1. The minimum atomic E-state index is -0.189. The predicted octanol–water partition coefficient (Wildman–Crippen LogP) is 2.61. The Balaban J connectivity index is 1.80. The van der Waals surface area contributed by atoms with Crippen molar-refractivity contribution in [2.75, 3.05) is 19.9 Å². The molecule has 1 aromatic heterocycles. The molecular formula is C18H22BrN3O3S. The molecule has 3 rings (SSSR count). The van der Waals surface area contributed by atoms with Gasteiger partial charge in [-0.2, -0.15) is 0 Å². The average Bonchev–Trinajstić information content (AvgIpc) is 2.64. The summed E-state index contributed by atoms with van der Waals surface area (Å²) in [6, 6.07) is 3.66. The Kier molecular flexibility index (Phi) is 6.50. The third-order valence-corrected chi connectivity index (χ3v) is 6.41. The highest BCUT2D eigenvalue weighted by atomic mass is 79.9. The van der Waals surface area contributed by atoms with Crippen molar-refractivity contribution in [3.8, 4) is 0 Å². The maximum atomic E-state index is 12.8. The summed E-state index contributed by atoms with van der Waals surface area (Å²) in [7, 11) is 1.67. The standard InChI is InChI=1S/C18H22BrN3O3S/c1-25-16-4-3-5-20-15(16)6-11(23)9-22-10-21-14-8-13(19)17(26-2)7-12(14)18(22)24/h7-8,10,15-16,20H,3-6,9H2,1-2H3. The summed E-state index contributed by atoms with van der Waals surface area (Å²) in [4.78, 5) is 30.6. The number of ether oxygens (including phenoxy) is 1. The van der Waals surface area contributed by atoms with Crippen LogP contribution in [0.4, 0.5) is 0 Å². The molecule has 140 valence electrons. The fourth-order valence-electron chi connectivity index (χ4n) is 3.34. The van der Waals surface area contributed by atoms with Crippen molar-refractivity contribution in [3.05, 3.63) is 33.3 Å². The van der Waals surface area contributed by atoms with Crippen LogP contribution in [-0.2, 0) is 16.1 Å². The summed E-state index contributed by atoms with van der Waals surface area (Å²) in [6.45, 7) is 0.919. The minimum Gasteiger partial charge on any atom is -0.380 e. The molecule has 1 aliphatic rings. The number of thioether (sulfide) groups is 1. The molecule has 0 aliphatic carbocycles. The molecule has 0 amide bonds. The smallest absolute Gasteiger partial charge is 0.261 e. The fraction of sp³-hybridized carbons (Fsp3) is 0.500. The Morgan fingerprint density at radius 1 is 1.50 bits per heavy atom. The van der Waals surface area contributed by atoms with Crippen LogP contribution >= 0.6 is 27.7 Å². The predicted molar refractivity (Wildman–Crippen MR) is 107 cm³/mol. The number of aromatic nitrogens is 2. The van der Waals surface area contributed by atoms with Gasteiger partial charge in [-0.15, -0.1) is 11.8 Å². The Morgan fingerprint density at radius 2 is 2.31 bits per heavy atom. The molecule has 2 unspecified atom stereocenters. The lowest BCUT2D eigenvalue weighted by atomic mass is 9.96. The highest BCUT2D eigenvalue weighted by molar-refractivity contribution is 9.10. The van der Waals surface area contributed by atoms with Crippen LogP contribution in [0, 0.1) is 0 Å². The Morgan fingerprint density at radius 3 is 3.04 bits per heavy atom. The molecule has 6 nitrogen and oxygen atoms in total. The van der Waals surface area contributed by atoms with Crippen molar-refractivity contribution in [2.45, 2.75) is 42.8 Å². The molecule has 0 spiro atoms. The van der Waals surface area contributed by atoms with Crippen LogP contribution in [0.25, 0.3) is 10.9 Å².